The Bertz CT molecular complexity index is 1220. The summed E-state index contributed by atoms with van der Waals surface area (Å²) in [6, 6.07) is 15.2. The van der Waals surface area contributed by atoms with Crippen molar-refractivity contribution < 1.29 is 24.5 Å². The quantitative estimate of drug-likeness (QED) is 0.302. The molecule has 1 aliphatic heterocycles. The van der Waals surface area contributed by atoms with Crippen LogP contribution in [0.5, 0.6) is 5.88 Å². The number of hydrogen-bond donors (Lipinski definition) is 3. The summed E-state index contributed by atoms with van der Waals surface area (Å²) in [6.45, 7) is 4.02. The van der Waals surface area contributed by atoms with E-state index in [4.69, 9.17) is 14.9 Å². The van der Waals surface area contributed by atoms with Gasteiger partial charge in [-0.2, -0.15) is 0 Å². The van der Waals surface area contributed by atoms with Crippen LogP contribution in [0.2, 0.25) is 0 Å². The van der Waals surface area contributed by atoms with Crippen molar-refractivity contribution in [3.05, 3.63) is 78.6 Å². The molecule has 3 aromatic rings. The molecule has 4 rings (SSSR count). The second-order valence-corrected chi connectivity index (χ2v) is 8.01. The molecule has 0 bridgehead atoms. The number of aromatic nitrogens is 2. The maximum absolute atomic E-state index is 9.55. The normalized spacial score (nSPS) is 13.5. The maximum Gasteiger partial charge on any atom is 0.328 e. The number of carbonyl (C=O) groups is 2. The molecule has 0 saturated heterocycles. The molecule has 0 atom stereocenters. The van der Waals surface area contributed by atoms with E-state index in [9.17, 15) is 9.59 Å². The van der Waals surface area contributed by atoms with Gasteiger partial charge in [0.15, 0.2) is 5.82 Å². The van der Waals surface area contributed by atoms with Crippen LogP contribution < -0.4 is 10.1 Å². The summed E-state index contributed by atoms with van der Waals surface area (Å²) >= 11 is 0. The third-order valence-electron chi connectivity index (χ3n) is 5.60. The fourth-order valence-corrected chi connectivity index (χ4v) is 3.91. The van der Waals surface area contributed by atoms with Gasteiger partial charge in [0, 0.05) is 50.7 Å². The van der Waals surface area contributed by atoms with Gasteiger partial charge >= 0.3 is 11.9 Å². The van der Waals surface area contributed by atoms with E-state index in [1.165, 1.54) is 21.9 Å². The summed E-state index contributed by atoms with van der Waals surface area (Å²) < 4.78 is 5.22. The fourth-order valence-electron chi connectivity index (χ4n) is 3.91. The number of rotatable bonds is 9. The van der Waals surface area contributed by atoms with E-state index in [1.807, 2.05) is 0 Å². The third kappa shape index (κ3) is 7.92. The second kappa shape index (κ2) is 13.6. The van der Waals surface area contributed by atoms with E-state index in [2.05, 4.69) is 68.7 Å². The number of carboxylic acids is 2. The predicted octanol–water partition coefficient (Wildman–Crippen LogP) is 3.94. The Kier molecular flexibility index (Phi) is 9.96. The van der Waals surface area contributed by atoms with Crippen LogP contribution in [0.15, 0.2) is 73.1 Å². The molecule has 0 amide bonds. The Morgan fingerprint density at radius 3 is 2.47 bits per heavy atom. The third-order valence-corrected chi connectivity index (χ3v) is 5.60. The Balaban J connectivity index is 0.000000392. The molecule has 9 nitrogen and oxygen atoms in total. The number of aliphatic carboxylic acids is 2. The maximum atomic E-state index is 9.55. The molecule has 3 N–H and O–H groups in total. The molecule has 36 heavy (non-hydrogen) atoms. The summed E-state index contributed by atoms with van der Waals surface area (Å²) in [4.78, 5) is 30.1. The fraction of sp³-hybridized carbons (Fsp3) is 0.259. The molecule has 0 radical (unpaired) electrons. The number of hydrogen-bond acceptors (Lipinski definition) is 7. The summed E-state index contributed by atoms with van der Waals surface area (Å²) in [6.07, 6.45) is 8.97. The molecule has 0 spiro atoms. The van der Waals surface area contributed by atoms with Gasteiger partial charge in [0.1, 0.15) is 0 Å². The molecule has 1 aliphatic rings. The van der Waals surface area contributed by atoms with Gasteiger partial charge in [0.05, 0.1) is 7.11 Å². The van der Waals surface area contributed by atoms with Crippen molar-refractivity contribution >= 4 is 34.1 Å². The Hall–Kier alpha value is -4.24. The Labute approximate surface area is 209 Å². The lowest BCUT2D eigenvalue weighted by molar-refractivity contribution is -0.134. The Morgan fingerprint density at radius 1 is 1.06 bits per heavy atom. The number of fused-ring (bicyclic) bond motifs is 1. The molecule has 2 heterocycles. The van der Waals surface area contributed by atoms with Gasteiger partial charge in [0.2, 0.25) is 0 Å². The summed E-state index contributed by atoms with van der Waals surface area (Å²) in [5.74, 6) is -1.26. The van der Waals surface area contributed by atoms with Crippen molar-refractivity contribution in [2.45, 2.75) is 12.8 Å². The van der Waals surface area contributed by atoms with E-state index in [0.717, 1.165) is 39.0 Å². The van der Waals surface area contributed by atoms with Crippen molar-refractivity contribution in [3.63, 3.8) is 0 Å². The number of carboxylic acid groups (broad SMARTS) is 2. The highest BCUT2D eigenvalue weighted by atomic mass is 16.5. The highest BCUT2D eigenvalue weighted by Crippen LogP contribution is 2.29. The monoisotopic (exact) mass is 490 g/mol. The molecule has 0 saturated carbocycles. The molecule has 9 heteroatoms. The number of nitrogens with zero attached hydrogens (tertiary/aromatic N) is 3. The summed E-state index contributed by atoms with van der Waals surface area (Å²) in [7, 11) is 1.61. The van der Waals surface area contributed by atoms with E-state index in [0.29, 0.717) is 23.8 Å². The van der Waals surface area contributed by atoms with E-state index in [-0.39, 0.29) is 0 Å². The number of methoxy groups -OCH3 is 1. The summed E-state index contributed by atoms with van der Waals surface area (Å²) in [5.41, 5.74) is 2.85. The minimum Gasteiger partial charge on any atom is -0.478 e. The lowest BCUT2D eigenvalue weighted by atomic mass is 9.94. The highest BCUT2D eigenvalue weighted by Gasteiger charge is 2.14. The first-order valence-corrected chi connectivity index (χ1v) is 11.6. The zero-order valence-electron chi connectivity index (χ0n) is 20.1. The van der Waals surface area contributed by atoms with Crippen molar-refractivity contribution in [2.75, 3.05) is 38.6 Å². The minimum absolute atomic E-state index is 0.545. The first kappa shape index (κ1) is 26.4. The van der Waals surface area contributed by atoms with Gasteiger partial charge in [-0.25, -0.2) is 19.6 Å². The first-order chi connectivity index (χ1) is 17.5. The number of benzene rings is 2. The Morgan fingerprint density at radius 2 is 1.78 bits per heavy atom. The van der Waals surface area contributed by atoms with Crippen LogP contribution in [0.1, 0.15) is 18.4 Å². The first-order valence-electron chi connectivity index (χ1n) is 11.6. The van der Waals surface area contributed by atoms with Crippen LogP contribution in [0.3, 0.4) is 0 Å². The van der Waals surface area contributed by atoms with Gasteiger partial charge in [-0.3, -0.25) is 4.90 Å². The number of anilines is 1. The van der Waals surface area contributed by atoms with Crippen molar-refractivity contribution in [1.29, 1.82) is 0 Å². The van der Waals surface area contributed by atoms with Crippen molar-refractivity contribution in [3.8, 4) is 5.88 Å². The lowest BCUT2D eigenvalue weighted by Gasteiger charge is -2.27. The van der Waals surface area contributed by atoms with Crippen LogP contribution >= 0.6 is 0 Å². The predicted molar refractivity (Wildman–Crippen MR) is 139 cm³/mol. The van der Waals surface area contributed by atoms with Crippen molar-refractivity contribution in [1.82, 2.24) is 14.9 Å². The smallest absolute Gasteiger partial charge is 0.328 e. The summed E-state index contributed by atoms with van der Waals surface area (Å²) in [5, 5.41) is 21.6. The van der Waals surface area contributed by atoms with Crippen LogP contribution in [0.25, 0.3) is 16.3 Å². The SMILES string of the molecule is COc1nccnc1NCCCN1CC=C(c2cccc3ccccc23)CC1.O=C(O)C=CC(=O)O. The van der Waals surface area contributed by atoms with Crippen LogP contribution in [0, 0.1) is 0 Å². The molecular formula is C27H30N4O5. The average molecular weight is 491 g/mol. The molecule has 188 valence electrons. The van der Waals surface area contributed by atoms with Crippen LogP contribution in [-0.2, 0) is 9.59 Å². The topological polar surface area (TPSA) is 125 Å². The standard InChI is InChI=1S/C23H26N4O.C4H4O4/c1-28-23-22(25-13-14-26-23)24-12-5-15-27-16-10-19(11-17-27)21-9-4-7-18-6-2-3-8-20(18)21;5-3(6)1-2-4(7)8/h2-4,6-10,13-14H,5,11-12,15-17H2,1H3,(H,24,25);1-2H,(H,5,6)(H,7,8). The zero-order chi connectivity index (χ0) is 25.8. The van der Waals surface area contributed by atoms with Gasteiger partial charge in [0.25, 0.3) is 5.88 Å². The average Bonchev–Trinajstić information content (AvgIpc) is 2.90. The molecule has 0 unspecified atom stereocenters. The second-order valence-electron chi connectivity index (χ2n) is 8.01. The van der Waals surface area contributed by atoms with Gasteiger partial charge in [-0.15, -0.1) is 0 Å². The van der Waals surface area contributed by atoms with Crippen LogP contribution in [-0.4, -0.2) is 70.3 Å². The molecule has 2 aromatic carbocycles. The molecule has 1 aromatic heterocycles. The van der Waals surface area contributed by atoms with Gasteiger partial charge < -0.3 is 20.3 Å². The van der Waals surface area contributed by atoms with E-state index >= 15 is 0 Å². The largest absolute Gasteiger partial charge is 0.478 e. The van der Waals surface area contributed by atoms with E-state index in [1.54, 1.807) is 19.5 Å². The lowest BCUT2D eigenvalue weighted by Crippen LogP contribution is -2.30. The number of nitrogens with one attached hydrogen (secondary N) is 1. The minimum atomic E-state index is -1.26. The van der Waals surface area contributed by atoms with Crippen molar-refractivity contribution in [2.24, 2.45) is 0 Å². The molecule has 0 aliphatic carbocycles. The molecular weight excluding hydrogens is 460 g/mol. The highest BCUT2D eigenvalue weighted by molar-refractivity contribution is 5.94. The zero-order valence-corrected chi connectivity index (χ0v) is 20.1. The van der Waals surface area contributed by atoms with Crippen LogP contribution in [0.4, 0.5) is 5.82 Å². The molecule has 0 fully saturated rings. The number of ether oxygens (including phenoxy) is 1. The van der Waals surface area contributed by atoms with E-state index < -0.39 is 11.9 Å². The van der Waals surface area contributed by atoms with Gasteiger partial charge in [-0.1, -0.05) is 48.5 Å². The van der Waals surface area contributed by atoms with Gasteiger partial charge in [-0.05, 0) is 34.8 Å².